The van der Waals surface area contributed by atoms with E-state index in [2.05, 4.69) is 15.3 Å². The van der Waals surface area contributed by atoms with E-state index in [4.69, 9.17) is 18.9 Å². The van der Waals surface area contributed by atoms with Crippen LogP contribution in [0.1, 0.15) is 70.0 Å². The molecule has 4 aliphatic rings. The van der Waals surface area contributed by atoms with E-state index in [9.17, 15) is 39.9 Å². The van der Waals surface area contributed by atoms with Crippen LogP contribution in [-0.2, 0) is 23.8 Å². The van der Waals surface area contributed by atoms with Crippen LogP contribution in [0.4, 0.5) is 5.69 Å². The molecule has 0 saturated carbocycles. The number of methoxy groups -OCH3 is 1. The number of hydrogen-bond acceptors (Lipinski definition) is 15. The first-order valence-corrected chi connectivity index (χ1v) is 19.8. The van der Waals surface area contributed by atoms with Crippen LogP contribution >= 0.6 is 0 Å². The quantitative estimate of drug-likeness (QED) is 0.109. The van der Waals surface area contributed by atoms with Crippen molar-refractivity contribution >= 4 is 40.3 Å². The van der Waals surface area contributed by atoms with E-state index < -0.39 is 88.8 Å². The molecule has 2 aromatic carbocycles. The normalized spacial score (nSPS) is 30.1. The molecule has 16 heteroatoms. The van der Waals surface area contributed by atoms with Crippen LogP contribution in [0, 0.1) is 30.6 Å². The van der Waals surface area contributed by atoms with Gasteiger partial charge in [-0.05, 0) is 27.0 Å². The van der Waals surface area contributed by atoms with Crippen molar-refractivity contribution < 1.29 is 58.9 Å². The van der Waals surface area contributed by atoms with E-state index in [0.29, 0.717) is 13.1 Å². The Labute approximate surface area is 344 Å². The summed E-state index contributed by atoms with van der Waals surface area (Å²) in [5.41, 5.74) is -0.350. The molecule has 16 nitrogen and oxygen atoms in total. The summed E-state index contributed by atoms with van der Waals surface area (Å²) >= 11 is 0. The zero-order valence-electron chi connectivity index (χ0n) is 35.3. The molecule has 0 unspecified atom stereocenters. The molecular weight excluding hydrogens is 764 g/mol. The zero-order chi connectivity index (χ0) is 43.7. The van der Waals surface area contributed by atoms with E-state index in [1.54, 1.807) is 44.9 Å². The van der Waals surface area contributed by atoms with Gasteiger partial charge in [0.2, 0.25) is 0 Å². The second-order valence-corrected chi connectivity index (χ2v) is 16.1. The number of allylic oxidation sites excluding steroid dienone is 2. The number of ether oxygens (including phenoxy) is 4. The molecule has 5 bridgehead atoms. The molecule has 0 aliphatic carbocycles. The summed E-state index contributed by atoms with van der Waals surface area (Å²) in [6.45, 7) is 15.1. The van der Waals surface area contributed by atoms with Gasteiger partial charge < -0.3 is 54.7 Å². The average Bonchev–Trinajstić information content (AvgIpc) is 3.46. The van der Waals surface area contributed by atoms with E-state index in [1.807, 2.05) is 7.05 Å². The largest absolute Gasteiger partial charge is 0.507 e. The fraction of sp³-hybridized carbons (Fsp3) is 0.535. The summed E-state index contributed by atoms with van der Waals surface area (Å²) in [7, 11) is 3.42. The van der Waals surface area contributed by atoms with Crippen molar-refractivity contribution in [1.29, 1.82) is 0 Å². The van der Waals surface area contributed by atoms with Gasteiger partial charge >= 0.3 is 11.8 Å². The molecule has 4 heterocycles. The highest BCUT2D eigenvalue weighted by molar-refractivity contribution is 6.23. The number of carbonyl (C=O) groups excluding carboxylic acids is 3. The summed E-state index contributed by atoms with van der Waals surface area (Å²) in [5.74, 6) is -8.34. The minimum atomic E-state index is -2.04. The molecule has 0 aromatic heterocycles. The Morgan fingerprint density at radius 1 is 0.949 bits per heavy atom. The van der Waals surface area contributed by atoms with Crippen LogP contribution in [0.3, 0.4) is 0 Å². The van der Waals surface area contributed by atoms with Gasteiger partial charge in [-0.2, -0.15) is 5.10 Å². The van der Waals surface area contributed by atoms with Crippen LogP contribution in [0.25, 0.3) is 10.8 Å². The van der Waals surface area contributed by atoms with Crippen molar-refractivity contribution in [1.82, 2.24) is 9.91 Å². The average molecular weight is 823 g/mol. The number of esters is 1. The number of ketones is 1. The number of anilines is 1. The predicted molar refractivity (Wildman–Crippen MR) is 220 cm³/mol. The van der Waals surface area contributed by atoms with Crippen molar-refractivity contribution in [3.63, 3.8) is 0 Å². The van der Waals surface area contributed by atoms with Gasteiger partial charge in [0.25, 0.3) is 11.7 Å². The van der Waals surface area contributed by atoms with Crippen molar-refractivity contribution in [2.75, 3.05) is 45.7 Å². The number of Topliss-reactive ketones (excluding diaryl/α,β-unsaturated/α-hetero) is 1. The second-order valence-electron chi connectivity index (χ2n) is 16.1. The summed E-state index contributed by atoms with van der Waals surface area (Å²) in [6, 6.07) is 0. The standard InChI is InChI=1S/C43H58N4O12/c1-21-12-11-13-22(2)42(55)45-33-28(20-44-47-17-15-46(9)16-18-47)37(52)30-31(38(33)53)36(51)26(6)40-32(30)41(54)43(8,59-40)57-19-14-29(56-10)23(3)39(58-27(7)48)25(5)35(50)24(4)34(21)49/h11-14,19-21,23-25,29,34-35,39,49-53H,15-18H2,1-10H3,(H,45,55)/t21-,23+,24-,25-,29+,34-,35-,39+,43-/m0/s1. The van der Waals surface area contributed by atoms with Gasteiger partial charge in [-0.25, -0.2) is 0 Å². The summed E-state index contributed by atoms with van der Waals surface area (Å²) in [6.07, 6.45) is 4.86. The number of phenolic OH excluding ortho intramolecular Hbond substituents is 3. The molecule has 0 radical (unpaired) electrons. The van der Waals surface area contributed by atoms with Crippen molar-refractivity contribution in [2.24, 2.45) is 28.8 Å². The highest BCUT2D eigenvalue weighted by Gasteiger charge is 2.50. The SMILES string of the molecule is CO[C@@H]1C=CO[C@@]2(C)Oc3c(C)c(O)c4c(O)c(c(C=NN5CCN(C)CC5)c(O)c4c3C2=O)NC(=O)C(C)=CC=C[C@H](C)[C@H](O)[C@H](C)[C@H](O)[C@H](C)[C@H](OC(C)=O)[C@@H]1C. The highest BCUT2D eigenvalue weighted by atomic mass is 16.7. The Hall–Kier alpha value is -5.16. The van der Waals surface area contributed by atoms with E-state index in [-0.39, 0.29) is 44.5 Å². The Morgan fingerprint density at radius 2 is 1.61 bits per heavy atom. The Morgan fingerprint density at radius 3 is 2.24 bits per heavy atom. The molecule has 6 rings (SSSR count). The molecule has 6 N–H and O–H groups in total. The second kappa shape index (κ2) is 18.0. The molecule has 0 spiro atoms. The lowest BCUT2D eigenvalue weighted by molar-refractivity contribution is -0.160. The first-order valence-electron chi connectivity index (χ1n) is 19.8. The molecule has 9 atom stereocenters. The number of hydrogen-bond donors (Lipinski definition) is 6. The smallest absolute Gasteiger partial charge is 0.312 e. The van der Waals surface area contributed by atoms with Crippen LogP contribution < -0.4 is 10.1 Å². The minimum absolute atomic E-state index is 0.0559. The molecule has 4 aliphatic heterocycles. The van der Waals surface area contributed by atoms with E-state index >= 15 is 0 Å². The number of nitrogens with zero attached hydrogens (tertiary/aromatic N) is 3. The van der Waals surface area contributed by atoms with Gasteiger partial charge in [-0.15, -0.1) is 0 Å². The minimum Gasteiger partial charge on any atom is -0.507 e. The maximum absolute atomic E-state index is 14.4. The number of rotatable bonds is 4. The Balaban J connectivity index is 1.70. The lowest BCUT2D eigenvalue weighted by Crippen LogP contribution is -2.46. The lowest BCUT2D eigenvalue weighted by Gasteiger charge is -2.38. The van der Waals surface area contributed by atoms with E-state index in [1.165, 1.54) is 59.4 Å². The molecule has 59 heavy (non-hydrogen) atoms. The lowest BCUT2D eigenvalue weighted by atomic mass is 9.78. The number of fused-ring (bicyclic) bond motifs is 14. The van der Waals surface area contributed by atoms with Gasteiger partial charge in [0.15, 0.2) is 5.75 Å². The monoisotopic (exact) mass is 822 g/mol. The number of aliphatic hydroxyl groups is 2. The summed E-state index contributed by atoms with van der Waals surface area (Å²) in [4.78, 5) is 42.6. The number of nitrogens with one attached hydrogen (secondary N) is 1. The van der Waals surface area contributed by atoms with Gasteiger partial charge in [-0.1, -0.05) is 45.9 Å². The number of phenols is 3. The molecule has 1 saturated heterocycles. The Bertz CT molecular complexity index is 2070. The third kappa shape index (κ3) is 8.91. The topological polar surface area (TPSA) is 220 Å². The fourth-order valence-electron chi connectivity index (χ4n) is 7.92. The first kappa shape index (κ1) is 44.9. The molecule has 1 amide bonds. The van der Waals surface area contributed by atoms with E-state index in [0.717, 1.165) is 13.1 Å². The summed E-state index contributed by atoms with van der Waals surface area (Å²) in [5, 5.41) is 66.8. The number of amides is 1. The molecule has 1 fully saturated rings. The number of likely N-dealkylation sites (N-methyl/N-ethyl adjacent to an activating group) is 1. The molecular formula is C43H58N4O12. The van der Waals surface area contributed by atoms with Gasteiger partial charge in [-0.3, -0.25) is 19.4 Å². The third-order valence-corrected chi connectivity index (χ3v) is 11.9. The van der Waals surface area contributed by atoms with Crippen LogP contribution in [0.2, 0.25) is 0 Å². The maximum atomic E-state index is 14.4. The number of aliphatic hydroxyl groups excluding tert-OH is 2. The third-order valence-electron chi connectivity index (χ3n) is 11.9. The Kier molecular flexibility index (Phi) is 13.7. The van der Waals surface area contributed by atoms with Crippen LogP contribution in [0.5, 0.6) is 23.0 Å². The number of piperazine rings is 1. The van der Waals surface area contributed by atoms with Gasteiger partial charge in [0, 0.05) is 87.3 Å². The van der Waals surface area contributed by atoms with Crippen molar-refractivity contribution in [3.8, 4) is 23.0 Å². The maximum Gasteiger partial charge on any atom is 0.312 e. The van der Waals surface area contributed by atoms with Crippen LogP contribution in [-0.4, -0.2) is 130 Å². The van der Waals surface area contributed by atoms with Crippen molar-refractivity contribution in [3.05, 3.63) is 52.8 Å². The number of carbonyl (C=O) groups is 3. The zero-order valence-corrected chi connectivity index (χ0v) is 35.3. The highest BCUT2D eigenvalue weighted by Crippen LogP contribution is 2.55. The first-order chi connectivity index (χ1) is 27.7. The fourth-order valence-corrected chi connectivity index (χ4v) is 7.92. The number of hydrazone groups is 1. The predicted octanol–water partition coefficient (Wildman–Crippen LogP) is 4.34. The number of aromatic hydroxyl groups is 3. The van der Waals surface area contributed by atoms with Gasteiger partial charge in [0.05, 0.1) is 53.0 Å². The van der Waals surface area contributed by atoms with Crippen molar-refractivity contribution in [2.45, 2.75) is 85.6 Å². The number of benzene rings is 2. The molecule has 322 valence electrons. The van der Waals surface area contributed by atoms with Crippen LogP contribution in [0.15, 0.2) is 41.2 Å². The van der Waals surface area contributed by atoms with Gasteiger partial charge in [0.1, 0.15) is 23.4 Å². The summed E-state index contributed by atoms with van der Waals surface area (Å²) < 4.78 is 23.6. The molecule has 2 aromatic rings.